The molecule has 172 valence electrons. The van der Waals surface area contributed by atoms with Gasteiger partial charge in [0.1, 0.15) is 6.04 Å². The van der Waals surface area contributed by atoms with Gasteiger partial charge in [0, 0.05) is 10.6 Å². The first-order valence-corrected chi connectivity index (χ1v) is 11.3. The molecule has 9 heteroatoms. The summed E-state index contributed by atoms with van der Waals surface area (Å²) in [6.45, 7) is 6.33. The number of amides is 2. The number of hydrogen-bond donors (Lipinski definition) is 2. The molecule has 0 aliphatic carbocycles. The van der Waals surface area contributed by atoms with Crippen molar-refractivity contribution < 1.29 is 19.1 Å². The number of hydrogen-bond acceptors (Lipinski definition) is 5. The summed E-state index contributed by atoms with van der Waals surface area (Å²) in [5.74, 6) is 0.562. The van der Waals surface area contributed by atoms with E-state index in [-0.39, 0.29) is 11.8 Å². The van der Waals surface area contributed by atoms with Gasteiger partial charge in [0.05, 0.1) is 24.4 Å². The molecule has 0 aliphatic heterocycles. The van der Waals surface area contributed by atoms with Crippen molar-refractivity contribution in [3.63, 3.8) is 0 Å². The molecule has 0 radical (unpaired) electrons. The maximum Gasteiger partial charge on any atom is 0.262 e. The number of rotatable bonds is 10. The summed E-state index contributed by atoms with van der Waals surface area (Å²) >= 11 is 9.33. The third-order valence-electron chi connectivity index (χ3n) is 4.36. The number of nitrogens with zero attached hydrogens (tertiary/aromatic N) is 1. The first-order valence-electron chi connectivity index (χ1n) is 10.1. The fourth-order valence-electron chi connectivity index (χ4n) is 2.89. The Bertz CT molecular complexity index is 964. The number of methoxy groups -OCH3 is 1. The second-order valence-electron chi connectivity index (χ2n) is 7.36. The van der Waals surface area contributed by atoms with Crippen LogP contribution in [0, 0.1) is 5.92 Å². The molecular weight excluding hydrogens is 498 g/mol. The van der Waals surface area contributed by atoms with Crippen molar-refractivity contribution in [2.24, 2.45) is 11.0 Å². The Hall–Kier alpha value is -2.58. The van der Waals surface area contributed by atoms with Crippen molar-refractivity contribution in [1.29, 1.82) is 0 Å². The minimum absolute atomic E-state index is 0.187. The van der Waals surface area contributed by atoms with Crippen LogP contribution in [0.5, 0.6) is 11.5 Å². The van der Waals surface area contributed by atoms with Gasteiger partial charge in [-0.05, 0) is 77.2 Å². The first-order chi connectivity index (χ1) is 15.2. The Morgan fingerprint density at radius 1 is 1.22 bits per heavy atom. The van der Waals surface area contributed by atoms with E-state index in [2.05, 4.69) is 31.8 Å². The highest BCUT2D eigenvalue weighted by Gasteiger charge is 2.22. The lowest BCUT2D eigenvalue weighted by Crippen LogP contribution is -2.46. The van der Waals surface area contributed by atoms with Crippen LogP contribution in [0.2, 0.25) is 5.02 Å². The quantitative estimate of drug-likeness (QED) is 0.345. The summed E-state index contributed by atoms with van der Waals surface area (Å²) in [4.78, 5) is 25.2. The molecule has 0 aliphatic rings. The minimum atomic E-state index is -0.739. The fourth-order valence-corrected chi connectivity index (χ4v) is 3.59. The van der Waals surface area contributed by atoms with Crippen molar-refractivity contribution in [1.82, 2.24) is 10.7 Å². The van der Waals surface area contributed by atoms with Crippen molar-refractivity contribution in [3.8, 4) is 11.5 Å². The zero-order chi connectivity index (χ0) is 23.7. The molecule has 0 bridgehead atoms. The molecule has 2 rings (SSSR count). The molecule has 0 saturated heterocycles. The molecule has 32 heavy (non-hydrogen) atoms. The Kier molecular flexibility index (Phi) is 9.99. The van der Waals surface area contributed by atoms with Gasteiger partial charge in [-0.15, -0.1) is 0 Å². The highest BCUT2D eigenvalue weighted by molar-refractivity contribution is 9.10. The van der Waals surface area contributed by atoms with E-state index in [0.29, 0.717) is 45.1 Å². The van der Waals surface area contributed by atoms with Crippen molar-refractivity contribution in [2.75, 3.05) is 13.7 Å². The average Bonchev–Trinajstić information content (AvgIpc) is 2.75. The Labute approximate surface area is 201 Å². The van der Waals surface area contributed by atoms with Crippen LogP contribution in [-0.4, -0.2) is 37.8 Å². The van der Waals surface area contributed by atoms with Crippen LogP contribution in [0.25, 0.3) is 0 Å². The third-order valence-corrected chi connectivity index (χ3v) is 5.21. The molecule has 2 aromatic rings. The number of benzene rings is 2. The normalized spacial score (nSPS) is 12.0. The van der Waals surface area contributed by atoms with Gasteiger partial charge in [0.2, 0.25) is 0 Å². The zero-order valence-corrected chi connectivity index (χ0v) is 20.8. The molecule has 2 amide bonds. The summed E-state index contributed by atoms with van der Waals surface area (Å²) in [5.41, 5.74) is 3.63. The maximum atomic E-state index is 12.7. The van der Waals surface area contributed by atoms with E-state index >= 15 is 0 Å². The van der Waals surface area contributed by atoms with E-state index in [9.17, 15) is 9.59 Å². The second-order valence-corrected chi connectivity index (χ2v) is 8.65. The van der Waals surface area contributed by atoms with Crippen LogP contribution in [0.15, 0.2) is 46.0 Å². The van der Waals surface area contributed by atoms with E-state index in [1.165, 1.54) is 6.21 Å². The number of carbonyl (C=O) groups excluding carboxylic acids is 2. The van der Waals surface area contributed by atoms with Gasteiger partial charge in [0.25, 0.3) is 11.8 Å². The molecule has 0 aromatic heterocycles. The minimum Gasteiger partial charge on any atom is -0.493 e. The highest BCUT2D eigenvalue weighted by Crippen LogP contribution is 2.36. The third kappa shape index (κ3) is 7.53. The van der Waals surface area contributed by atoms with Crippen molar-refractivity contribution >= 4 is 45.6 Å². The van der Waals surface area contributed by atoms with Crippen LogP contribution in [0.4, 0.5) is 0 Å². The van der Waals surface area contributed by atoms with Crippen molar-refractivity contribution in [3.05, 3.63) is 57.0 Å². The largest absolute Gasteiger partial charge is 0.493 e. The van der Waals surface area contributed by atoms with E-state index < -0.39 is 11.9 Å². The predicted molar refractivity (Wildman–Crippen MR) is 130 cm³/mol. The summed E-state index contributed by atoms with van der Waals surface area (Å²) in [6.07, 6.45) is 1.96. The number of hydrazone groups is 1. The average molecular weight is 525 g/mol. The summed E-state index contributed by atoms with van der Waals surface area (Å²) < 4.78 is 11.6. The molecule has 1 atom stereocenters. The fraction of sp³-hybridized carbons (Fsp3) is 0.348. The molecule has 0 heterocycles. The van der Waals surface area contributed by atoms with Gasteiger partial charge >= 0.3 is 0 Å². The molecule has 7 nitrogen and oxygen atoms in total. The van der Waals surface area contributed by atoms with Crippen LogP contribution in [-0.2, 0) is 4.79 Å². The monoisotopic (exact) mass is 523 g/mol. The van der Waals surface area contributed by atoms with Gasteiger partial charge in [-0.3, -0.25) is 9.59 Å². The lowest BCUT2D eigenvalue weighted by molar-refractivity contribution is -0.123. The molecule has 2 aromatic carbocycles. The lowest BCUT2D eigenvalue weighted by atomic mass is 10.0. The Morgan fingerprint density at radius 2 is 1.91 bits per heavy atom. The van der Waals surface area contributed by atoms with Gasteiger partial charge in [0.15, 0.2) is 11.5 Å². The molecular formula is C23H27BrClN3O4. The van der Waals surface area contributed by atoms with E-state index in [1.807, 2.05) is 20.8 Å². The van der Waals surface area contributed by atoms with Crippen LogP contribution in [0.3, 0.4) is 0 Å². The van der Waals surface area contributed by atoms with Gasteiger partial charge in [-0.1, -0.05) is 25.4 Å². The molecule has 1 unspecified atom stereocenters. The highest BCUT2D eigenvalue weighted by atomic mass is 79.9. The number of nitrogens with one attached hydrogen (secondary N) is 2. The van der Waals surface area contributed by atoms with Crippen LogP contribution < -0.4 is 20.2 Å². The molecule has 0 fully saturated rings. The smallest absolute Gasteiger partial charge is 0.262 e. The summed E-state index contributed by atoms with van der Waals surface area (Å²) in [7, 11) is 1.55. The number of ether oxygens (including phenoxy) is 2. The predicted octanol–water partition coefficient (Wildman–Crippen LogP) is 4.80. The summed E-state index contributed by atoms with van der Waals surface area (Å²) in [5, 5.41) is 7.34. The topological polar surface area (TPSA) is 89.0 Å². The Balaban J connectivity index is 2.09. The number of halogens is 2. The van der Waals surface area contributed by atoms with Crippen molar-refractivity contribution in [2.45, 2.75) is 33.2 Å². The molecule has 0 spiro atoms. The Morgan fingerprint density at radius 3 is 2.50 bits per heavy atom. The lowest BCUT2D eigenvalue weighted by Gasteiger charge is -2.19. The van der Waals surface area contributed by atoms with E-state index in [1.54, 1.807) is 43.5 Å². The summed E-state index contributed by atoms with van der Waals surface area (Å²) in [6, 6.07) is 9.28. The second kappa shape index (κ2) is 12.5. The van der Waals surface area contributed by atoms with Crippen LogP contribution in [0.1, 0.15) is 43.1 Å². The van der Waals surface area contributed by atoms with E-state index in [4.69, 9.17) is 21.1 Å². The van der Waals surface area contributed by atoms with E-state index in [0.717, 1.165) is 0 Å². The van der Waals surface area contributed by atoms with Gasteiger partial charge in [-0.25, -0.2) is 5.43 Å². The number of carbonyl (C=O) groups is 2. The maximum absolute atomic E-state index is 12.7. The molecule has 2 N–H and O–H groups in total. The SMILES string of the molecule is CCOc1c(Br)cc(C=NNC(=O)C(CC(C)C)NC(=O)c2ccc(Cl)cc2)cc1OC. The standard InChI is InChI=1S/C23H27BrClN3O4/c1-5-32-21-18(24)11-15(12-20(21)31-4)13-26-28-23(30)19(10-14(2)3)27-22(29)16-6-8-17(25)9-7-16/h6-9,11-14,19H,5,10H2,1-4H3,(H,27,29)(H,28,30). The zero-order valence-electron chi connectivity index (χ0n) is 18.4. The van der Waals surface area contributed by atoms with Gasteiger partial charge < -0.3 is 14.8 Å². The molecule has 0 saturated carbocycles. The van der Waals surface area contributed by atoms with Crippen LogP contribution >= 0.6 is 27.5 Å². The first kappa shape index (κ1) is 25.7. The van der Waals surface area contributed by atoms with Gasteiger partial charge in [-0.2, -0.15) is 5.10 Å².